The van der Waals surface area contributed by atoms with Crippen LogP contribution in [-0.4, -0.2) is 4.57 Å². The predicted octanol–water partition coefficient (Wildman–Crippen LogP) is 13.0. The van der Waals surface area contributed by atoms with Gasteiger partial charge in [0.1, 0.15) is 11.2 Å². The molecular weight excluding hydrogens is 597 g/mol. The molecule has 0 atom stereocenters. The summed E-state index contributed by atoms with van der Waals surface area (Å²) in [5, 5.41) is 7.14. The molecule has 10 rings (SSSR count). The molecule has 0 spiro atoms. The third-order valence-electron chi connectivity index (χ3n) is 9.76. The molecule has 2 heterocycles. The highest BCUT2D eigenvalue weighted by molar-refractivity contribution is 6.13. The van der Waals surface area contributed by atoms with Crippen LogP contribution in [0.15, 0.2) is 186 Å². The van der Waals surface area contributed by atoms with E-state index in [0.717, 1.165) is 55.8 Å². The van der Waals surface area contributed by atoms with E-state index in [1.165, 1.54) is 32.6 Å². The van der Waals surface area contributed by atoms with Gasteiger partial charge in [0.15, 0.2) is 0 Å². The van der Waals surface area contributed by atoms with Gasteiger partial charge in [-0.05, 0) is 71.6 Å². The molecular formula is C46H30N2O. The first-order chi connectivity index (χ1) is 24.3. The first kappa shape index (κ1) is 27.5. The molecule has 230 valence electrons. The van der Waals surface area contributed by atoms with Crippen molar-refractivity contribution in [3.8, 4) is 16.8 Å². The maximum absolute atomic E-state index is 6.63. The van der Waals surface area contributed by atoms with Gasteiger partial charge in [-0.2, -0.15) is 0 Å². The molecule has 0 radical (unpaired) electrons. The van der Waals surface area contributed by atoms with Gasteiger partial charge >= 0.3 is 0 Å². The summed E-state index contributed by atoms with van der Waals surface area (Å²) in [5.74, 6) is 0. The normalized spacial score (nSPS) is 11.7. The van der Waals surface area contributed by atoms with Crippen LogP contribution in [0.1, 0.15) is 0 Å². The SMILES string of the molecule is c1ccc(N(c2ccc(-c3cc(-n4c5ccccc5c5ccccc54)cc4c3oc3ccccc34)cc2)c2cccc3ccccc23)cc1. The zero-order chi connectivity index (χ0) is 32.3. The van der Waals surface area contributed by atoms with Crippen molar-refractivity contribution in [2.45, 2.75) is 0 Å². The second kappa shape index (κ2) is 11.0. The summed E-state index contributed by atoms with van der Waals surface area (Å²) in [4.78, 5) is 2.34. The molecule has 10 aromatic rings. The predicted molar refractivity (Wildman–Crippen MR) is 206 cm³/mol. The fraction of sp³-hybridized carbons (Fsp3) is 0. The fourth-order valence-electron chi connectivity index (χ4n) is 7.55. The van der Waals surface area contributed by atoms with Crippen LogP contribution < -0.4 is 4.90 Å². The van der Waals surface area contributed by atoms with Gasteiger partial charge in [-0.1, -0.05) is 121 Å². The third kappa shape index (κ3) is 4.37. The second-order valence-electron chi connectivity index (χ2n) is 12.6. The standard InChI is InChI=1S/C46H30N2O/c1-2-15-33(16-3-1)47(42-23-12-14-31-13-4-5-17-36(31)42)34-27-25-32(26-28-34)40-29-35(30-41-39-20-8-11-24-45(39)49-46(40)41)48-43-21-9-6-18-37(43)38-19-7-10-22-44(38)48/h1-30H. The number of aromatic nitrogens is 1. The van der Waals surface area contributed by atoms with Gasteiger partial charge < -0.3 is 13.9 Å². The lowest BCUT2D eigenvalue weighted by molar-refractivity contribution is 0.670. The third-order valence-corrected chi connectivity index (χ3v) is 9.76. The zero-order valence-electron chi connectivity index (χ0n) is 26.6. The van der Waals surface area contributed by atoms with E-state index in [1.54, 1.807) is 0 Å². The minimum absolute atomic E-state index is 0.890. The summed E-state index contributed by atoms with van der Waals surface area (Å²) in [6, 6.07) is 64.9. The molecule has 8 aromatic carbocycles. The van der Waals surface area contributed by atoms with Crippen molar-refractivity contribution >= 4 is 71.6 Å². The number of rotatable bonds is 5. The van der Waals surface area contributed by atoms with Crippen molar-refractivity contribution in [3.05, 3.63) is 182 Å². The Hall–Kier alpha value is -6.58. The van der Waals surface area contributed by atoms with Gasteiger partial charge in [0, 0.05) is 49.6 Å². The van der Waals surface area contributed by atoms with E-state index in [4.69, 9.17) is 4.42 Å². The molecule has 0 aliphatic rings. The number of hydrogen-bond acceptors (Lipinski definition) is 2. The van der Waals surface area contributed by atoms with Crippen LogP contribution in [0.25, 0.3) is 71.3 Å². The Kier molecular flexibility index (Phi) is 6.18. The Balaban J connectivity index is 1.19. The van der Waals surface area contributed by atoms with Crippen LogP contribution >= 0.6 is 0 Å². The zero-order valence-corrected chi connectivity index (χ0v) is 26.6. The molecule has 0 N–H and O–H groups in total. The van der Waals surface area contributed by atoms with Crippen molar-refractivity contribution in [2.24, 2.45) is 0 Å². The maximum Gasteiger partial charge on any atom is 0.143 e. The highest BCUT2D eigenvalue weighted by Gasteiger charge is 2.19. The largest absolute Gasteiger partial charge is 0.455 e. The number of anilines is 3. The topological polar surface area (TPSA) is 21.3 Å². The summed E-state index contributed by atoms with van der Waals surface area (Å²) in [5.41, 5.74) is 10.8. The molecule has 3 nitrogen and oxygen atoms in total. The first-order valence-corrected chi connectivity index (χ1v) is 16.7. The number of furan rings is 1. The van der Waals surface area contributed by atoms with Crippen molar-refractivity contribution in [3.63, 3.8) is 0 Å². The van der Waals surface area contributed by atoms with Gasteiger partial charge in [-0.3, -0.25) is 0 Å². The highest BCUT2D eigenvalue weighted by atomic mass is 16.3. The fourth-order valence-corrected chi connectivity index (χ4v) is 7.55. The van der Waals surface area contributed by atoms with Gasteiger partial charge in [0.25, 0.3) is 0 Å². The van der Waals surface area contributed by atoms with Gasteiger partial charge in [0.2, 0.25) is 0 Å². The molecule has 0 fully saturated rings. The van der Waals surface area contributed by atoms with Crippen LogP contribution in [0.2, 0.25) is 0 Å². The first-order valence-electron chi connectivity index (χ1n) is 16.7. The molecule has 3 heteroatoms. The second-order valence-corrected chi connectivity index (χ2v) is 12.6. The average molecular weight is 627 g/mol. The summed E-state index contributed by atoms with van der Waals surface area (Å²) >= 11 is 0. The van der Waals surface area contributed by atoms with E-state index < -0.39 is 0 Å². The van der Waals surface area contributed by atoms with Crippen molar-refractivity contribution in [1.29, 1.82) is 0 Å². The van der Waals surface area contributed by atoms with Gasteiger partial charge in [-0.25, -0.2) is 0 Å². The number of hydrogen-bond donors (Lipinski definition) is 0. The number of nitrogens with zero attached hydrogens (tertiary/aromatic N) is 2. The summed E-state index contributed by atoms with van der Waals surface area (Å²) in [7, 11) is 0. The lowest BCUT2D eigenvalue weighted by Crippen LogP contribution is -2.10. The molecule has 0 amide bonds. The van der Waals surface area contributed by atoms with Crippen molar-refractivity contribution in [1.82, 2.24) is 4.57 Å². The Bertz CT molecular complexity index is 2770. The van der Waals surface area contributed by atoms with Crippen LogP contribution in [0.3, 0.4) is 0 Å². The monoisotopic (exact) mass is 626 g/mol. The van der Waals surface area contributed by atoms with Crippen LogP contribution in [0.5, 0.6) is 0 Å². The van der Waals surface area contributed by atoms with E-state index in [1.807, 2.05) is 6.07 Å². The maximum atomic E-state index is 6.63. The van der Waals surface area contributed by atoms with E-state index in [0.29, 0.717) is 0 Å². The molecule has 0 unspecified atom stereocenters. The van der Waals surface area contributed by atoms with Crippen LogP contribution in [-0.2, 0) is 0 Å². The van der Waals surface area contributed by atoms with Crippen LogP contribution in [0.4, 0.5) is 17.1 Å². The molecule has 0 aliphatic carbocycles. The average Bonchev–Trinajstić information content (AvgIpc) is 3.71. The minimum Gasteiger partial charge on any atom is -0.455 e. The number of fused-ring (bicyclic) bond motifs is 7. The lowest BCUT2D eigenvalue weighted by Gasteiger charge is -2.27. The van der Waals surface area contributed by atoms with E-state index >= 15 is 0 Å². The molecule has 49 heavy (non-hydrogen) atoms. The smallest absolute Gasteiger partial charge is 0.143 e. The minimum atomic E-state index is 0.890. The number of para-hydroxylation sites is 4. The summed E-state index contributed by atoms with van der Waals surface area (Å²) < 4.78 is 9.02. The van der Waals surface area contributed by atoms with Crippen LogP contribution in [0, 0.1) is 0 Å². The Morgan fingerprint density at radius 3 is 1.78 bits per heavy atom. The summed E-state index contributed by atoms with van der Waals surface area (Å²) in [6.07, 6.45) is 0. The molecule has 0 saturated carbocycles. The van der Waals surface area contributed by atoms with E-state index in [-0.39, 0.29) is 0 Å². The Morgan fingerprint density at radius 2 is 1.02 bits per heavy atom. The highest BCUT2D eigenvalue weighted by Crippen LogP contribution is 2.43. The van der Waals surface area contributed by atoms with E-state index in [9.17, 15) is 0 Å². The van der Waals surface area contributed by atoms with Gasteiger partial charge in [-0.15, -0.1) is 0 Å². The van der Waals surface area contributed by atoms with E-state index in [2.05, 4.69) is 185 Å². The van der Waals surface area contributed by atoms with Crippen molar-refractivity contribution in [2.75, 3.05) is 4.90 Å². The lowest BCUT2D eigenvalue weighted by atomic mass is 10.00. The Morgan fingerprint density at radius 1 is 0.429 bits per heavy atom. The number of benzene rings is 8. The van der Waals surface area contributed by atoms with Crippen molar-refractivity contribution < 1.29 is 4.42 Å². The summed E-state index contributed by atoms with van der Waals surface area (Å²) in [6.45, 7) is 0. The molecule has 0 aliphatic heterocycles. The quantitative estimate of drug-likeness (QED) is 0.190. The van der Waals surface area contributed by atoms with Gasteiger partial charge in [0.05, 0.1) is 16.7 Å². The molecule has 0 bridgehead atoms. The molecule has 2 aromatic heterocycles. The Labute approximate surface area is 283 Å². The molecule has 0 saturated heterocycles.